The molecule has 3 aromatic carbocycles. The first-order chi connectivity index (χ1) is 11.7. The van der Waals surface area contributed by atoms with Gasteiger partial charge in [0.2, 0.25) is 0 Å². The highest BCUT2D eigenvalue weighted by atomic mass is 19.1. The van der Waals surface area contributed by atoms with Crippen LogP contribution in [0.2, 0.25) is 0 Å². The predicted octanol–water partition coefficient (Wildman–Crippen LogP) is 4.81. The number of anilines is 2. The summed E-state index contributed by atoms with van der Waals surface area (Å²) in [5.74, 6) is 0.0587. The molecule has 24 heavy (non-hydrogen) atoms. The lowest BCUT2D eigenvalue weighted by atomic mass is 10.1. The van der Waals surface area contributed by atoms with Crippen molar-refractivity contribution >= 4 is 17.3 Å². The molecule has 0 N–H and O–H groups in total. The number of hydrogen-bond donors (Lipinski definition) is 0. The molecule has 0 heterocycles. The molecule has 0 atom stereocenters. The van der Waals surface area contributed by atoms with Gasteiger partial charge >= 0.3 is 0 Å². The number of hydrogen-bond acceptors (Lipinski definition) is 2. The van der Waals surface area contributed by atoms with Crippen LogP contribution in [0.4, 0.5) is 15.8 Å². The van der Waals surface area contributed by atoms with Crippen molar-refractivity contribution in [2.45, 2.75) is 0 Å². The van der Waals surface area contributed by atoms with Gasteiger partial charge in [0.15, 0.2) is 0 Å². The zero-order valence-corrected chi connectivity index (χ0v) is 13.1. The Kier molecular flexibility index (Phi) is 4.57. The molecule has 3 rings (SSSR count). The lowest BCUT2D eigenvalue weighted by Gasteiger charge is -2.23. The van der Waals surface area contributed by atoms with Gasteiger partial charge in [-0.05, 0) is 54.6 Å². The Morgan fingerprint density at radius 3 is 2.21 bits per heavy atom. The summed E-state index contributed by atoms with van der Waals surface area (Å²) in [6, 6.07) is 21.9. The summed E-state index contributed by atoms with van der Waals surface area (Å²) < 4.78 is 18.8. The van der Waals surface area contributed by atoms with Gasteiger partial charge in [-0.2, -0.15) is 0 Å². The number of ether oxygens (including phenoxy) is 1. The van der Waals surface area contributed by atoms with Crippen LogP contribution in [0.5, 0.6) is 5.75 Å². The summed E-state index contributed by atoms with van der Waals surface area (Å²) in [5.41, 5.74) is 1.63. The van der Waals surface area contributed by atoms with E-state index in [1.165, 1.54) is 17.0 Å². The topological polar surface area (TPSA) is 29.5 Å². The van der Waals surface area contributed by atoms with Crippen LogP contribution in [-0.4, -0.2) is 13.0 Å². The summed E-state index contributed by atoms with van der Waals surface area (Å²) >= 11 is 0. The Balaban J connectivity index is 2.08. The maximum Gasteiger partial charge on any atom is 0.262 e. The van der Waals surface area contributed by atoms with Gasteiger partial charge in [0.1, 0.15) is 11.6 Å². The minimum atomic E-state index is -0.396. The Morgan fingerprint density at radius 1 is 0.875 bits per heavy atom. The number of benzene rings is 3. The van der Waals surface area contributed by atoms with Crippen molar-refractivity contribution in [3.63, 3.8) is 0 Å². The fraction of sp³-hybridized carbons (Fsp3) is 0.0500. The molecule has 0 radical (unpaired) electrons. The third-order valence-electron chi connectivity index (χ3n) is 3.62. The minimum Gasteiger partial charge on any atom is -0.497 e. The second-order valence-corrected chi connectivity index (χ2v) is 5.18. The number of carbonyl (C=O) groups is 1. The SMILES string of the molecule is COc1ccc(N(C(=O)c2ccccc2)c2cccc(F)c2)cc1. The van der Waals surface area contributed by atoms with Crippen LogP contribution in [0.1, 0.15) is 10.4 Å². The normalized spacial score (nSPS) is 10.2. The van der Waals surface area contributed by atoms with Crippen LogP contribution in [0.15, 0.2) is 78.9 Å². The van der Waals surface area contributed by atoms with Crippen molar-refractivity contribution in [3.05, 3.63) is 90.2 Å². The molecule has 0 unspecified atom stereocenters. The highest BCUT2D eigenvalue weighted by molar-refractivity contribution is 6.10. The molecule has 0 saturated carbocycles. The van der Waals surface area contributed by atoms with E-state index in [0.29, 0.717) is 22.7 Å². The van der Waals surface area contributed by atoms with Crippen molar-refractivity contribution in [2.24, 2.45) is 0 Å². The zero-order chi connectivity index (χ0) is 16.9. The lowest BCUT2D eigenvalue weighted by molar-refractivity contribution is 0.0999. The minimum absolute atomic E-state index is 0.230. The monoisotopic (exact) mass is 321 g/mol. The molecule has 0 aromatic heterocycles. The molecule has 0 saturated heterocycles. The molecule has 1 amide bonds. The summed E-state index contributed by atoms with van der Waals surface area (Å²) in [6.45, 7) is 0. The number of halogens is 1. The van der Waals surface area contributed by atoms with E-state index in [1.807, 2.05) is 6.07 Å². The van der Waals surface area contributed by atoms with Crippen molar-refractivity contribution < 1.29 is 13.9 Å². The van der Waals surface area contributed by atoms with E-state index in [0.717, 1.165) is 0 Å². The average molecular weight is 321 g/mol. The first-order valence-electron chi connectivity index (χ1n) is 7.48. The summed E-state index contributed by atoms with van der Waals surface area (Å²) in [6.07, 6.45) is 0. The molecule has 4 heteroatoms. The standard InChI is InChI=1S/C20H16FNO2/c1-24-19-12-10-17(11-13-19)22(18-9-5-8-16(21)14-18)20(23)15-6-3-2-4-7-15/h2-14H,1H3. The van der Waals surface area contributed by atoms with Gasteiger partial charge in [-0.1, -0.05) is 24.3 Å². The zero-order valence-electron chi connectivity index (χ0n) is 13.1. The molecule has 0 fully saturated rings. The largest absolute Gasteiger partial charge is 0.497 e. The van der Waals surface area contributed by atoms with Gasteiger partial charge in [0.25, 0.3) is 5.91 Å². The van der Waals surface area contributed by atoms with E-state index in [2.05, 4.69) is 0 Å². The molecule has 0 aliphatic rings. The maximum atomic E-state index is 13.7. The molecular formula is C20H16FNO2. The van der Waals surface area contributed by atoms with Gasteiger partial charge < -0.3 is 4.74 Å². The number of carbonyl (C=O) groups excluding carboxylic acids is 1. The molecular weight excluding hydrogens is 305 g/mol. The van der Waals surface area contributed by atoms with Crippen molar-refractivity contribution in [1.82, 2.24) is 0 Å². The molecule has 0 aliphatic carbocycles. The first kappa shape index (κ1) is 15.7. The molecule has 0 aliphatic heterocycles. The van der Waals surface area contributed by atoms with Gasteiger partial charge in [-0.25, -0.2) is 4.39 Å². The lowest BCUT2D eigenvalue weighted by Crippen LogP contribution is -2.26. The van der Waals surface area contributed by atoms with Gasteiger partial charge in [0, 0.05) is 11.3 Å². The highest BCUT2D eigenvalue weighted by Gasteiger charge is 2.20. The Bertz CT molecular complexity index is 832. The molecule has 0 spiro atoms. The number of methoxy groups -OCH3 is 1. The fourth-order valence-electron chi connectivity index (χ4n) is 2.44. The second-order valence-electron chi connectivity index (χ2n) is 5.18. The van der Waals surface area contributed by atoms with Crippen molar-refractivity contribution in [1.29, 1.82) is 0 Å². The van der Waals surface area contributed by atoms with Crippen LogP contribution in [-0.2, 0) is 0 Å². The number of rotatable bonds is 4. The van der Waals surface area contributed by atoms with E-state index in [4.69, 9.17) is 4.74 Å². The van der Waals surface area contributed by atoms with Crippen molar-refractivity contribution in [3.8, 4) is 5.75 Å². The Labute approximate surface area is 139 Å². The van der Waals surface area contributed by atoms with Crippen LogP contribution >= 0.6 is 0 Å². The van der Waals surface area contributed by atoms with Gasteiger partial charge in [0.05, 0.1) is 12.8 Å². The van der Waals surface area contributed by atoms with Gasteiger partial charge in [-0.3, -0.25) is 9.69 Å². The number of amides is 1. The highest BCUT2D eigenvalue weighted by Crippen LogP contribution is 2.29. The molecule has 3 nitrogen and oxygen atoms in total. The molecule has 3 aromatic rings. The average Bonchev–Trinajstić information content (AvgIpc) is 2.63. The van der Waals surface area contributed by atoms with Crippen LogP contribution in [0.25, 0.3) is 0 Å². The predicted molar refractivity (Wildman–Crippen MR) is 92.3 cm³/mol. The smallest absolute Gasteiger partial charge is 0.262 e. The van der Waals surface area contributed by atoms with Crippen molar-refractivity contribution in [2.75, 3.05) is 12.0 Å². The Hall–Kier alpha value is -3.14. The van der Waals surface area contributed by atoms with Gasteiger partial charge in [-0.15, -0.1) is 0 Å². The first-order valence-corrected chi connectivity index (χ1v) is 7.48. The second kappa shape index (κ2) is 6.96. The van der Waals surface area contributed by atoms with E-state index in [-0.39, 0.29) is 5.91 Å². The Morgan fingerprint density at radius 2 is 1.58 bits per heavy atom. The van der Waals surface area contributed by atoms with Crippen LogP contribution in [0, 0.1) is 5.82 Å². The number of nitrogens with zero attached hydrogens (tertiary/aromatic N) is 1. The summed E-state index contributed by atoms with van der Waals surface area (Å²) in [4.78, 5) is 14.5. The quantitative estimate of drug-likeness (QED) is 0.690. The van der Waals surface area contributed by atoms with E-state index >= 15 is 0 Å². The van der Waals surface area contributed by atoms with Crippen LogP contribution in [0.3, 0.4) is 0 Å². The summed E-state index contributed by atoms with van der Waals surface area (Å²) in [7, 11) is 1.58. The third-order valence-corrected chi connectivity index (χ3v) is 3.62. The third kappa shape index (κ3) is 3.27. The molecule has 120 valence electrons. The van der Waals surface area contributed by atoms with E-state index in [1.54, 1.807) is 67.8 Å². The molecule has 0 bridgehead atoms. The maximum absolute atomic E-state index is 13.7. The van der Waals surface area contributed by atoms with Crippen LogP contribution < -0.4 is 9.64 Å². The fourth-order valence-corrected chi connectivity index (χ4v) is 2.44. The van der Waals surface area contributed by atoms with E-state index < -0.39 is 5.82 Å². The van der Waals surface area contributed by atoms with E-state index in [9.17, 15) is 9.18 Å². The summed E-state index contributed by atoms with van der Waals surface area (Å²) in [5, 5.41) is 0.